The number of benzene rings is 1. The van der Waals surface area contributed by atoms with Gasteiger partial charge in [0.2, 0.25) is 0 Å². The first-order valence-corrected chi connectivity index (χ1v) is 7.64. The number of para-hydroxylation sites is 1. The predicted octanol–water partition coefficient (Wildman–Crippen LogP) is 2.31. The SMILES string of the molecule is Cc1ccccc1-n1cc(C(=O)NC2(CC(=O)O)CCC2)cn1. The Hall–Kier alpha value is -2.63. The normalized spacial score (nSPS) is 15.7. The molecule has 1 aliphatic rings. The summed E-state index contributed by atoms with van der Waals surface area (Å²) >= 11 is 0. The number of hydrogen-bond donors (Lipinski definition) is 2. The first kappa shape index (κ1) is 15.3. The summed E-state index contributed by atoms with van der Waals surface area (Å²) in [6.45, 7) is 1.98. The Morgan fingerprint density at radius 1 is 1.35 bits per heavy atom. The van der Waals surface area contributed by atoms with Gasteiger partial charge in [0.25, 0.3) is 5.91 Å². The van der Waals surface area contributed by atoms with Crippen molar-refractivity contribution in [1.82, 2.24) is 15.1 Å². The van der Waals surface area contributed by atoms with Gasteiger partial charge in [-0.1, -0.05) is 18.2 Å². The van der Waals surface area contributed by atoms with Crippen molar-refractivity contribution in [2.75, 3.05) is 0 Å². The number of nitrogens with one attached hydrogen (secondary N) is 1. The van der Waals surface area contributed by atoms with Crippen molar-refractivity contribution in [2.24, 2.45) is 0 Å². The molecular weight excluding hydrogens is 294 g/mol. The van der Waals surface area contributed by atoms with Crippen molar-refractivity contribution >= 4 is 11.9 Å². The zero-order valence-electron chi connectivity index (χ0n) is 13.0. The fourth-order valence-corrected chi connectivity index (χ4v) is 2.94. The van der Waals surface area contributed by atoms with Gasteiger partial charge in [0, 0.05) is 6.20 Å². The average Bonchev–Trinajstić information content (AvgIpc) is 2.94. The molecule has 1 saturated carbocycles. The van der Waals surface area contributed by atoms with Gasteiger partial charge in [-0.2, -0.15) is 5.10 Å². The van der Waals surface area contributed by atoms with E-state index < -0.39 is 11.5 Å². The Morgan fingerprint density at radius 2 is 2.09 bits per heavy atom. The van der Waals surface area contributed by atoms with Gasteiger partial charge < -0.3 is 10.4 Å². The van der Waals surface area contributed by atoms with Gasteiger partial charge in [-0.3, -0.25) is 9.59 Å². The van der Waals surface area contributed by atoms with Gasteiger partial charge in [0.05, 0.1) is 29.4 Å². The minimum absolute atomic E-state index is 0.0370. The van der Waals surface area contributed by atoms with Crippen LogP contribution in [0.3, 0.4) is 0 Å². The highest BCUT2D eigenvalue weighted by Gasteiger charge is 2.40. The van der Waals surface area contributed by atoms with Crippen LogP contribution in [0, 0.1) is 6.92 Å². The summed E-state index contributed by atoms with van der Waals surface area (Å²) in [5.41, 5.74) is 1.80. The maximum Gasteiger partial charge on any atom is 0.305 e. The molecule has 120 valence electrons. The topological polar surface area (TPSA) is 84.2 Å². The lowest BCUT2D eigenvalue weighted by molar-refractivity contribution is -0.139. The van der Waals surface area contributed by atoms with Crippen molar-refractivity contribution in [3.63, 3.8) is 0 Å². The van der Waals surface area contributed by atoms with Crippen LogP contribution in [0.15, 0.2) is 36.7 Å². The molecule has 1 amide bonds. The summed E-state index contributed by atoms with van der Waals surface area (Å²) in [4.78, 5) is 23.4. The van der Waals surface area contributed by atoms with Crippen LogP contribution in [0.2, 0.25) is 0 Å². The van der Waals surface area contributed by atoms with Crippen molar-refractivity contribution in [2.45, 2.75) is 38.1 Å². The van der Waals surface area contributed by atoms with E-state index in [1.807, 2.05) is 31.2 Å². The third-order valence-corrected chi connectivity index (χ3v) is 4.39. The number of carbonyl (C=O) groups excluding carboxylic acids is 1. The number of carbonyl (C=O) groups is 2. The minimum Gasteiger partial charge on any atom is -0.481 e. The van der Waals surface area contributed by atoms with E-state index in [1.54, 1.807) is 10.9 Å². The van der Waals surface area contributed by atoms with E-state index in [2.05, 4.69) is 10.4 Å². The minimum atomic E-state index is -0.888. The van der Waals surface area contributed by atoms with Crippen molar-refractivity contribution in [3.8, 4) is 5.69 Å². The van der Waals surface area contributed by atoms with Crippen LogP contribution in [0.5, 0.6) is 0 Å². The first-order chi connectivity index (χ1) is 11.0. The lowest BCUT2D eigenvalue weighted by Crippen LogP contribution is -2.54. The molecule has 0 radical (unpaired) electrons. The second kappa shape index (κ2) is 5.87. The maximum atomic E-state index is 12.4. The second-order valence-corrected chi connectivity index (χ2v) is 6.12. The van der Waals surface area contributed by atoms with Crippen molar-refractivity contribution in [1.29, 1.82) is 0 Å². The molecule has 0 unspecified atom stereocenters. The molecule has 1 aliphatic carbocycles. The molecule has 0 aliphatic heterocycles. The second-order valence-electron chi connectivity index (χ2n) is 6.12. The lowest BCUT2D eigenvalue weighted by atomic mass is 9.74. The predicted molar refractivity (Wildman–Crippen MR) is 84.6 cm³/mol. The Kier molecular flexibility index (Phi) is 3.90. The van der Waals surface area contributed by atoms with Gasteiger partial charge in [0.15, 0.2) is 0 Å². The highest BCUT2D eigenvalue weighted by molar-refractivity contribution is 5.94. The first-order valence-electron chi connectivity index (χ1n) is 7.64. The van der Waals surface area contributed by atoms with E-state index in [1.165, 1.54) is 6.20 Å². The quantitative estimate of drug-likeness (QED) is 0.887. The molecule has 2 N–H and O–H groups in total. The van der Waals surface area contributed by atoms with Crippen LogP contribution in [0.4, 0.5) is 0 Å². The van der Waals surface area contributed by atoms with Crippen molar-refractivity contribution in [3.05, 3.63) is 47.8 Å². The van der Waals surface area contributed by atoms with E-state index >= 15 is 0 Å². The maximum absolute atomic E-state index is 12.4. The van der Waals surface area contributed by atoms with E-state index in [-0.39, 0.29) is 12.3 Å². The number of amides is 1. The molecule has 1 fully saturated rings. The molecule has 1 aromatic carbocycles. The number of aliphatic carboxylic acids is 1. The number of rotatable bonds is 5. The summed E-state index contributed by atoms with van der Waals surface area (Å²) in [6.07, 6.45) is 5.49. The van der Waals surface area contributed by atoms with Crippen LogP contribution >= 0.6 is 0 Å². The Labute approximate surface area is 134 Å². The number of carboxylic acid groups (broad SMARTS) is 1. The Morgan fingerprint density at radius 3 is 2.70 bits per heavy atom. The fourth-order valence-electron chi connectivity index (χ4n) is 2.94. The number of aryl methyl sites for hydroxylation is 1. The zero-order valence-corrected chi connectivity index (χ0v) is 13.0. The average molecular weight is 313 g/mol. The summed E-state index contributed by atoms with van der Waals surface area (Å²) in [5, 5.41) is 16.1. The summed E-state index contributed by atoms with van der Waals surface area (Å²) in [6, 6.07) is 7.77. The molecular formula is C17H19N3O3. The summed E-state index contributed by atoms with van der Waals surface area (Å²) in [5.74, 6) is -1.16. The van der Waals surface area contributed by atoms with E-state index in [4.69, 9.17) is 5.11 Å². The van der Waals surface area contributed by atoms with E-state index in [0.29, 0.717) is 18.4 Å². The van der Waals surface area contributed by atoms with Gasteiger partial charge in [0.1, 0.15) is 0 Å². The molecule has 6 nitrogen and oxygen atoms in total. The van der Waals surface area contributed by atoms with Crippen LogP contribution < -0.4 is 5.32 Å². The number of nitrogens with zero attached hydrogens (tertiary/aromatic N) is 2. The van der Waals surface area contributed by atoms with Crippen molar-refractivity contribution < 1.29 is 14.7 Å². The smallest absolute Gasteiger partial charge is 0.305 e. The van der Waals surface area contributed by atoms with Crippen LogP contribution in [0.1, 0.15) is 41.6 Å². The largest absolute Gasteiger partial charge is 0.481 e. The van der Waals surface area contributed by atoms with E-state index in [9.17, 15) is 9.59 Å². The molecule has 2 aromatic rings. The molecule has 0 atom stereocenters. The van der Waals surface area contributed by atoms with Crippen LogP contribution in [0.25, 0.3) is 5.69 Å². The third kappa shape index (κ3) is 3.11. The van der Waals surface area contributed by atoms with Gasteiger partial charge in [-0.25, -0.2) is 4.68 Å². The molecule has 0 bridgehead atoms. The lowest BCUT2D eigenvalue weighted by Gasteiger charge is -2.41. The number of hydrogen-bond acceptors (Lipinski definition) is 3. The van der Waals surface area contributed by atoms with Crippen LogP contribution in [-0.2, 0) is 4.79 Å². The summed E-state index contributed by atoms with van der Waals surface area (Å²) in [7, 11) is 0. The molecule has 0 saturated heterocycles. The molecule has 1 aromatic heterocycles. The monoisotopic (exact) mass is 313 g/mol. The van der Waals surface area contributed by atoms with Gasteiger partial charge >= 0.3 is 5.97 Å². The molecule has 0 spiro atoms. The Balaban J connectivity index is 1.76. The highest BCUT2D eigenvalue weighted by Crippen LogP contribution is 2.35. The standard InChI is InChI=1S/C17H19N3O3/c1-12-5-2-3-6-14(12)20-11-13(10-18-20)16(23)19-17(7-4-8-17)9-15(21)22/h2-3,5-6,10-11H,4,7-9H2,1H3,(H,19,23)(H,21,22). The Bertz CT molecular complexity index is 747. The van der Waals surface area contributed by atoms with Gasteiger partial charge in [-0.15, -0.1) is 0 Å². The third-order valence-electron chi connectivity index (χ3n) is 4.39. The number of aromatic nitrogens is 2. The number of carboxylic acids is 1. The van der Waals surface area contributed by atoms with Gasteiger partial charge in [-0.05, 0) is 37.8 Å². The highest BCUT2D eigenvalue weighted by atomic mass is 16.4. The molecule has 6 heteroatoms. The summed E-state index contributed by atoms with van der Waals surface area (Å²) < 4.78 is 1.66. The van der Waals surface area contributed by atoms with E-state index in [0.717, 1.165) is 17.7 Å². The molecule has 3 rings (SSSR count). The molecule has 23 heavy (non-hydrogen) atoms. The van der Waals surface area contributed by atoms with Crippen LogP contribution in [-0.4, -0.2) is 32.3 Å². The zero-order chi connectivity index (χ0) is 16.4. The molecule has 1 heterocycles. The fraction of sp³-hybridized carbons (Fsp3) is 0.353.